The normalized spacial score (nSPS) is 17.3. The summed E-state index contributed by atoms with van der Waals surface area (Å²) in [7, 11) is 0. The minimum Gasteiger partial charge on any atom is -0.481 e. The van der Waals surface area contributed by atoms with Gasteiger partial charge in [0.1, 0.15) is 11.6 Å². The maximum Gasteiger partial charge on any atom is 0.306 e. The van der Waals surface area contributed by atoms with Crippen LogP contribution >= 0.6 is 11.6 Å². The number of nitrogen functional groups attached to an aromatic ring is 1. The van der Waals surface area contributed by atoms with Gasteiger partial charge in [-0.05, 0) is 62.4 Å². The van der Waals surface area contributed by atoms with Crippen LogP contribution < -0.4 is 5.73 Å². The summed E-state index contributed by atoms with van der Waals surface area (Å²) in [4.78, 5) is 39.4. The minimum atomic E-state index is -0.815. The molecule has 200 valence electrons. The topological polar surface area (TPSA) is 119 Å². The maximum absolute atomic E-state index is 13.9. The van der Waals surface area contributed by atoms with Crippen molar-refractivity contribution in [2.45, 2.75) is 45.2 Å². The number of benzene rings is 2. The fourth-order valence-corrected chi connectivity index (χ4v) is 5.24. The highest BCUT2D eigenvalue weighted by atomic mass is 35.5. The zero-order chi connectivity index (χ0) is 27.6. The number of carbonyl (C=O) groups is 3. The summed E-state index contributed by atoms with van der Waals surface area (Å²) in [5.74, 6) is -3.92. The fourth-order valence-electron chi connectivity index (χ4n) is 4.95. The third kappa shape index (κ3) is 5.85. The van der Waals surface area contributed by atoms with E-state index in [0.29, 0.717) is 31.4 Å². The number of rotatable bonds is 8. The zero-order valence-electron chi connectivity index (χ0n) is 20.7. The van der Waals surface area contributed by atoms with Crippen LogP contribution in [0, 0.1) is 24.5 Å². The number of amides is 1. The van der Waals surface area contributed by atoms with Crippen molar-refractivity contribution >= 4 is 34.9 Å². The molecule has 1 fully saturated rings. The van der Waals surface area contributed by atoms with E-state index in [0.717, 1.165) is 18.2 Å². The van der Waals surface area contributed by atoms with E-state index in [1.165, 1.54) is 23.2 Å². The highest BCUT2D eigenvalue weighted by molar-refractivity contribution is 6.34. The summed E-state index contributed by atoms with van der Waals surface area (Å²) in [6, 6.07) is 7.45. The van der Waals surface area contributed by atoms with Crippen LogP contribution in [0.3, 0.4) is 0 Å². The van der Waals surface area contributed by atoms with Gasteiger partial charge >= 0.3 is 5.97 Å². The predicted molar refractivity (Wildman–Crippen MR) is 137 cm³/mol. The molecule has 0 saturated heterocycles. The molecular weight excluding hydrogens is 518 g/mol. The Morgan fingerprint density at radius 3 is 2.39 bits per heavy atom. The molecule has 0 unspecified atom stereocenters. The van der Waals surface area contributed by atoms with Crippen LogP contribution in [0.15, 0.2) is 42.6 Å². The van der Waals surface area contributed by atoms with Gasteiger partial charge in [-0.3, -0.25) is 19.1 Å². The second-order valence-corrected chi connectivity index (χ2v) is 9.91. The van der Waals surface area contributed by atoms with Gasteiger partial charge in [-0.2, -0.15) is 5.10 Å². The van der Waals surface area contributed by atoms with Crippen LogP contribution in [0.1, 0.15) is 63.7 Å². The molecule has 1 amide bonds. The number of halogens is 3. The zero-order valence-corrected chi connectivity index (χ0v) is 21.4. The largest absolute Gasteiger partial charge is 0.481 e. The number of nitrogens with zero attached hydrogens (tertiary/aromatic N) is 3. The van der Waals surface area contributed by atoms with E-state index in [4.69, 9.17) is 17.3 Å². The number of nitrogens with two attached hydrogens (primary N) is 1. The summed E-state index contributed by atoms with van der Waals surface area (Å²) < 4.78 is 29.5. The van der Waals surface area contributed by atoms with E-state index in [9.17, 15) is 28.3 Å². The van der Waals surface area contributed by atoms with Gasteiger partial charge in [-0.25, -0.2) is 8.78 Å². The Bertz CT molecular complexity index is 1340. The van der Waals surface area contributed by atoms with E-state index in [1.807, 2.05) is 0 Å². The lowest BCUT2D eigenvalue weighted by molar-refractivity contribution is -0.143. The molecule has 0 aliphatic heterocycles. The van der Waals surface area contributed by atoms with Gasteiger partial charge in [-0.1, -0.05) is 17.7 Å². The lowest BCUT2D eigenvalue weighted by Gasteiger charge is -2.27. The number of Topliss-reactive ketones (excluding diaryl/α,β-unsaturated/α-hetero) is 1. The van der Waals surface area contributed by atoms with Crippen molar-refractivity contribution in [1.82, 2.24) is 14.7 Å². The maximum atomic E-state index is 13.9. The van der Waals surface area contributed by atoms with Crippen LogP contribution in [0.5, 0.6) is 0 Å². The Balaban J connectivity index is 1.62. The first kappa shape index (κ1) is 27.3. The standard InChI is InChI=1S/C27H27ClF2N4O4/c1-15-21(12-32-34(15)20-7-5-17(6-8-20)27(37)38)26(36)33(13-16-9-18(29)11-19(30)10-16)14-24(35)25-22(28)3-2-4-23(25)31/h2-4,9-12,17,20H,5-8,13-14,31H2,1H3,(H,37,38). The van der Waals surface area contributed by atoms with Gasteiger partial charge in [0.2, 0.25) is 0 Å². The quantitative estimate of drug-likeness (QED) is 0.303. The van der Waals surface area contributed by atoms with Crippen LogP contribution in [0.2, 0.25) is 5.02 Å². The molecule has 3 aromatic rings. The van der Waals surface area contributed by atoms with Crippen molar-refractivity contribution in [1.29, 1.82) is 0 Å². The average molecular weight is 545 g/mol. The first-order valence-electron chi connectivity index (χ1n) is 12.1. The van der Waals surface area contributed by atoms with Crippen LogP contribution in [-0.4, -0.2) is 44.0 Å². The molecule has 0 radical (unpaired) electrons. The predicted octanol–water partition coefficient (Wildman–Crippen LogP) is 5.05. The molecule has 1 aliphatic rings. The van der Waals surface area contributed by atoms with Crippen molar-refractivity contribution in [3.63, 3.8) is 0 Å². The molecule has 4 rings (SSSR count). The summed E-state index contributed by atoms with van der Waals surface area (Å²) in [5, 5.41) is 13.8. The van der Waals surface area contributed by atoms with Gasteiger partial charge in [0, 0.05) is 24.0 Å². The van der Waals surface area contributed by atoms with Crippen molar-refractivity contribution < 1.29 is 28.3 Å². The van der Waals surface area contributed by atoms with Crippen LogP contribution in [0.25, 0.3) is 0 Å². The second-order valence-electron chi connectivity index (χ2n) is 9.50. The Kier molecular flexibility index (Phi) is 8.11. The lowest BCUT2D eigenvalue weighted by Crippen LogP contribution is -2.36. The van der Waals surface area contributed by atoms with Crippen molar-refractivity contribution in [2.24, 2.45) is 5.92 Å². The van der Waals surface area contributed by atoms with Crippen LogP contribution in [-0.2, 0) is 11.3 Å². The Hall–Kier alpha value is -3.79. The fraction of sp³-hybridized carbons (Fsp3) is 0.333. The number of hydrogen-bond acceptors (Lipinski definition) is 5. The molecule has 8 nitrogen and oxygen atoms in total. The number of hydrogen-bond donors (Lipinski definition) is 2. The number of aliphatic carboxylic acids is 1. The molecule has 0 atom stereocenters. The Morgan fingerprint density at radius 1 is 1.13 bits per heavy atom. The first-order valence-corrected chi connectivity index (χ1v) is 12.5. The highest BCUT2D eigenvalue weighted by Gasteiger charge is 2.30. The monoisotopic (exact) mass is 544 g/mol. The van der Waals surface area contributed by atoms with Crippen molar-refractivity contribution in [3.8, 4) is 0 Å². The molecule has 3 N–H and O–H groups in total. The summed E-state index contributed by atoms with van der Waals surface area (Å²) in [6.45, 7) is 1.02. The first-order chi connectivity index (χ1) is 18.0. The number of ketones is 1. The summed E-state index contributed by atoms with van der Waals surface area (Å²) in [5.41, 5.74) is 7.09. The van der Waals surface area contributed by atoms with E-state index in [-0.39, 0.29) is 40.0 Å². The average Bonchev–Trinajstić information content (AvgIpc) is 3.23. The number of carbonyl (C=O) groups excluding carboxylic acids is 2. The summed E-state index contributed by atoms with van der Waals surface area (Å²) >= 11 is 6.20. The SMILES string of the molecule is Cc1c(C(=O)N(CC(=O)c2c(N)cccc2Cl)Cc2cc(F)cc(F)c2)cnn1C1CCC(C(=O)O)CC1. The molecule has 1 heterocycles. The smallest absolute Gasteiger partial charge is 0.306 e. The van der Waals surface area contributed by atoms with Crippen molar-refractivity contribution in [3.05, 3.63) is 81.6 Å². The molecule has 0 spiro atoms. The molecule has 2 aromatic carbocycles. The molecule has 1 aromatic heterocycles. The van der Waals surface area contributed by atoms with Gasteiger partial charge in [0.05, 0.1) is 40.9 Å². The van der Waals surface area contributed by atoms with Crippen LogP contribution in [0.4, 0.5) is 14.5 Å². The molecule has 38 heavy (non-hydrogen) atoms. The van der Waals surface area contributed by atoms with Gasteiger partial charge in [0.25, 0.3) is 5.91 Å². The van der Waals surface area contributed by atoms with Gasteiger partial charge < -0.3 is 15.7 Å². The molecule has 0 bridgehead atoms. The van der Waals surface area contributed by atoms with E-state index >= 15 is 0 Å². The summed E-state index contributed by atoms with van der Waals surface area (Å²) in [6.07, 6.45) is 3.61. The Labute approximate surface area is 223 Å². The number of carboxylic acid groups (broad SMARTS) is 1. The minimum absolute atomic E-state index is 0.0556. The van der Waals surface area contributed by atoms with Gasteiger partial charge in [0.15, 0.2) is 5.78 Å². The molecule has 1 aliphatic carbocycles. The van der Waals surface area contributed by atoms with Crippen molar-refractivity contribution in [2.75, 3.05) is 12.3 Å². The van der Waals surface area contributed by atoms with E-state index < -0.39 is 41.8 Å². The van der Waals surface area contributed by atoms with E-state index in [2.05, 4.69) is 5.10 Å². The molecule has 11 heteroatoms. The highest BCUT2D eigenvalue weighted by Crippen LogP contribution is 2.33. The number of anilines is 1. The third-order valence-corrected chi connectivity index (χ3v) is 7.22. The molecule has 1 saturated carbocycles. The number of aromatic nitrogens is 2. The molecular formula is C27H27ClF2N4O4. The Morgan fingerprint density at radius 2 is 1.79 bits per heavy atom. The third-order valence-electron chi connectivity index (χ3n) is 6.91. The second kappa shape index (κ2) is 11.3. The lowest BCUT2D eigenvalue weighted by atomic mass is 9.86. The number of carboxylic acids is 1. The van der Waals surface area contributed by atoms with E-state index in [1.54, 1.807) is 17.7 Å². The van der Waals surface area contributed by atoms with Gasteiger partial charge in [-0.15, -0.1) is 0 Å².